The van der Waals surface area contributed by atoms with Crippen LogP contribution in [0, 0.1) is 0 Å². The van der Waals surface area contributed by atoms with Crippen LogP contribution in [-0.2, 0) is 0 Å². The summed E-state index contributed by atoms with van der Waals surface area (Å²) in [6.45, 7) is 7.35. The molecule has 0 aromatic rings. The van der Waals surface area contributed by atoms with Gasteiger partial charge in [0, 0.05) is 19.1 Å². The molecule has 0 bridgehead atoms. The van der Waals surface area contributed by atoms with E-state index < -0.39 is 0 Å². The third-order valence-electron chi connectivity index (χ3n) is 2.35. The second-order valence-electron chi connectivity index (χ2n) is 3.52. The summed E-state index contributed by atoms with van der Waals surface area (Å²) in [7, 11) is 0. The molecule has 1 fully saturated rings. The van der Waals surface area contributed by atoms with E-state index in [0.29, 0.717) is 0 Å². The van der Waals surface area contributed by atoms with Crippen LogP contribution in [0.25, 0.3) is 0 Å². The lowest BCUT2D eigenvalue weighted by molar-refractivity contribution is 0.185. The van der Waals surface area contributed by atoms with Crippen molar-refractivity contribution in [1.29, 1.82) is 0 Å². The van der Waals surface area contributed by atoms with Crippen molar-refractivity contribution in [3.05, 3.63) is 12.7 Å². The van der Waals surface area contributed by atoms with Gasteiger partial charge in [-0.2, -0.15) is 0 Å². The standard InChI is InChI=1S/C10H18N2O/c1-3-9(2)11-10(13)12-7-5-4-6-8-12/h3,9H,1,4-8H2,2H3,(H,11,13). The first kappa shape index (κ1) is 10.1. The van der Waals surface area contributed by atoms with Crippen LogP contribution in [0.5, 0.6) is 0 Å². The molecule has 1 rings (SSSR count). The van der Waals surface area contributed by atoms with Crippen LogP contribution in [0.2, 0.25) is 0 Å². The molecule has 74 valence electrons. The maximum Gasteiger partial charge on any atom is 0.317 e. The second kappa shape index (κ2) is 4.90. The lowest BCUT2D eigenvalue weighted by atomic mass is 10.1. The van der Waals surface area contributed by atoms with Gasteiger partial charge in [-0.1, -0.05) is 6.08 Å². The van der Waals surface area contributed by atoms with Crippen LogP contribution in [0.3, 0.4) is 0 Å². The molecular formula is C10H18N2O. The van der Waals surface area contributed by atoms with Crippen molar-refractivity contribution < 1.29 is 4.79 Å². The lowest BCUT2D eigenvalue weighted by Gasteiger charge is -2.27. The number of nitrogens with zero attached hydrogens (tertiary/aromatic N) is 1. The minimum atomic E-state index is 0.0482. The first-order valence-corrected chi connectivity index (χ1v) is 4.92. The number of carbonyl (C=O) groups is 1. The number of rotatable bonds is 2. The summed E-state index contributed by atoms with van der Waals surface area (Å²) in [6.07, 6.45) is 5.26. The van der Waals surface area contributed by atoms with E-state index in [-0.39, 0.29) is 12.1 Å². The van der Waals surface area contributed by atoms with E-state index in [0.717, 1.165) is 25.9 Å². The molecule has 2 amide bonds. The van der Waals surface area contributed by atoms with E-state index in [1.165, 1.54) is 6.42 Å². The van der Waals surface area contributed by atoms with E-state index in [4.69, 9.17) is 0 Å². The molecule has 1 aliphatic heterocycles. The van der Waals surface area contributed by atoms with Crippen LogP contribution in [0.1, 0.15) is 26.2 Å². The molecular weight excluding hydrogens is 164 g/mol. The number of amides is 2. The zero-order valence-corrected chi connectivity index (χ0v) is 8.25. The van der Waals surface area contributed by atoms with Gasteiger partial charge in [-0.15, -0.1) is 6.58 Å². The zero-order chi connectivity index (χ0) is 9.68. The van der Waals surface area contributed by atoms with Crippen LogP contribution < -0.4 is 5.32 Å². The monoisotopic (exact) mass is 182 g/mol. The molecule has 1 N–H and O–H groups in total. The predicted octanol–water partition coefficient (Wildman–Crippen LogP) is 1.76. The Morgan fingerprint density at radius 3 is 2.62 bits per heavy atom. The Bertz CT molecular complexity index is 185. The van der Waals surface area contributed by atoms with Gasteiger partial charge in [0.15, 0.2) is 0 Å². The Hall–Kier alpha value is -0.990. The largest absolute Gasteiger partial charge is 0.332 e. The van der Waals surface area contributed by atoms with Crippen molar-refractivity contribution in [3.63, 3.8) is 0 Å². The topological polar surface area (TPSA) is 32.3 Å². The fourth-order valence-corrected chi connectivity index (χ4v) is 1.44. The van der Waals surface area contributed by atoms with Crippen LogP contribution in [0.15, 0.2) is 12.7 Å². The van der Waals surface area contributed by atoms with Crippen LogP contribution >= 0.6 is 0 Å². The third kappa shape index (κ3) is 3.09. The molecule has 0 saturated carbocycles. The maximum absolute atomic E-state index is 11.5. The van der Waals surface area contributed by atoms with Gasteiger partial charge in [-0.05, 0) is 26.2 Å². The summed E-state index contributed by atoms with van der Waals surface area (Å²) in [5.41, 5.74) is 0. The van der Waals surface area contributed by atoms with Gasteiger partial charge in [0.2, 0.25) is 0 Å². The Kier molecular flexibility index (Phi) is 3.80. The molecule has 3 heteroatoms. The molecule has 0 spiro atoms. The van der Waals surface area contributed by atoms with Crippen LogP contribution in [0.4, 0.5) is 4.79 Å². The summed E-state index contributed by atoms with van der Waals surface area (Å²) in [6, 6.07) is 0.113. The number of hydrogen-bond acceptors (Lipinski definition) is 1. The average Bonchev–Trinajstić information content (AvgIpc) is 2.19. The van der Waals surface area contributed by atoms with Gasteiger partial charge < -0.3 is 10.2 Å². The molecule has 13 heavy (non-hydrogen) atoms. The molecule has 0 aromatic heterocycles. The quantitative estimate of drug-likeness (QED) is 0.648. The highest BCUT2D eigenvalue weighted by Crippen LogP contribution is 2.08. The van der Waals surface area contributed by atoms with Crippen molar-refractivity contribution in [2.24, 2.45) is 0 Å². The second-order valence-corrected chi connectivity index (χ2v) is 3.52. The minimum absolute atomic E-state index is 0.0482. The van der Waals surface area contributed by atoms with Gasteiger partial charge >= 0.3 is 6.03 Å². The number of nitrogens with one attached hydrogen (secondary N) is 1. The summed E-state index contributed by atoms with van der Waals surface area (Å²) in [5.74, 6) is 0. The van der Waals surface area contributed by atoms with Gasteiger partial charge in [0.25, 0.3) is 0 Å². The Labute approximate surface area is 79.8 Å². The Morgan fingerprint density at radius 2 is 2.08 bits per heavy atom. The van der Waals surface area contributed by atoms with E-state index >= 15 is 0 Å². The number of piperidine rings is 1. The Morgan fingerprint density at radius 1 is 1.46 bits per heavy atom. The van der Waals surface area contributed by atoms with Gasteiger partial charge in [0.05, 0.1) is 0 Å². The smallest absolute Gasteiger partial charge is 0.317 e. The lowest BCUT2D eigenvalue weighted by Crippen LogP contribution is -2.45. The van der Waals surface area contributed by atoms with E-state index in [2.05, 4.69) is 11.9 Å². The summed E-state index contributed by atoms with van der Waals surface area (Å²) >= 11 is 0. The highest BCUT2D eigenvalue weighted by atomic mass is 16.2. The van der Waals surface area contributed by atoms with Crippen molar-refractivity contribution in [2.75, 3.05) is 13.1 Å². The highest BCUT2D eigenvalue weighted by molar-refractivity contribution is 5.74. The van der Waals surface area contributed by atoms with E-state index in [9.17, 15) is 4.79 Å². The minimum Gasteiger partial charge on any atom is -0.332 e. The van der Waals surface area contributed by atoms with Crippen molar-refractivity contribution >= 4 is 6.03 Å². The van der Waals surface area contributed by atoms with E-state index in [1.54, 1.807) is 6.08 Å². The molecule has 1 unspecified atom stereocenters. The normalized spacial score (nSPS) is 19.3. The third-order valence-corrected chi connectivity index (χ3v) is 2.35. The van der Waals surface area contributed by atoms with Gasteiger partial charge in [-0.25, -0.2) is 4.79 Å². The molecule has 1 atom stereocenters. The summed E-state index contributed by atoms with van der Waals surface area (Å²) in [5, 5.41) is 2.87. The number of likely N-dealkylation sites (tertiary alicyclic amines) is 1. The van der Waals surface area contributed by atoms with Crippen molar-refractivity contribution in [2.45, 2.75) is 32.2 Å². The molecule has 1 heterocycles. The maximum atomic E-state index is 11.5. The zero-order valence-electron chi connectivity index (χ0n) is 8.25. The summed E-state index contributed by atoms with van der Waals surface area (Å²) < 4.78 is 0. The fourth-order valence-electron chi connectivity index (χ4n) is 1.44. The molecule has 0 radical (unpaired) electrons. The molecule has 3 nitrogen and oxygen atoms in total. The Balaban J connectivity index is 2.32. The first-order chi connectivity index (χ1) is 6.24. The summed E-state index contributed by atoms with van der Waals surface area (Å²) in [4.78, 5) is 13.4. The number of carbonyl (C=O) groups excluding carboxylic acids is 1. The van der Waals surface area contributed by atoms with E-state index in [1.807, 2.05) is 11.8 Å². The molecule has 1 aliphatic rings. The molecule has 0 aliphatic carbocycles. The van der Waals surface area contributed by atoms with Gasteiger partial charge in [-0.3, -0.25) is 0 Å². The number of hydrogen-bond donors (Lipinski definition) is 1. The average molecular weight is 182 g/mol. The predicted molar refractivity (Wildman–Crippen MR) is 53.6 cm³/mol. The van der Waals surface area contributed by atoms with Gasteiger partial charge in [0.1, 0.15) is 0 Å². The molecule has 0 aromatic carbocycles. The molecule has 1 saturated heterocycles. The van der Waals surface area contributed by atoms with Crippen molar-refractivity contribution in [3.8, 4) is 0 Å². The first-order valence-electron chi connectivity index (χ1n) is 4.92. The van der Waals surface area contributed by atoms with Crippen LogP contribution in [-0.4, -0.2) is 30.1 Å². The van der Waals surface area contributed by atoms with Crippen molar-refractivity contribution in [1.82, 2.24) is 10.2 Å². The number of urea groups is 1. The fraction of sp³-hybridized carbons (Fsp3) is 0.700. The SMILES string of the molecule is C=CC(C)NC(=O)N1CCCCC1. The highest BCUT2D eigenvalue weighted by Gasteiger charge is 2.16.